The second kappa shape index (κ2) is 9.28. The van der Waals surface area contributed by atoms with Crippen LogP contribution in [0.5, 0.6) is 0 Å². The summed E-state index contributed by atoms with van der Waals surface area (Å²) < 4.78 is 0. The fourth-order valence-corrected chi connectivity index (χ4v) is 3.86. The summed E-state index contributed by atoms with van der Waals surface area (Å²) in [4.78, 5) is 11.0. The molecule has 3 heteroatoms. The molecule has 1 radical (unpaired) electrons. The molecule has 0 saturated heterocycles. The average Bonchev–Trinajstić information content (AvgIpc) is 2.73. The number of benzene rings is 3. The van der Waals surface area contributed by atoms with Crippen molar-refractivity contribution in [1.29, 1.82) is 0 Å². The van der Waals surface area contributed by atoms with E-state index in [1.807, 2.05) is 0 Å². The van der Waals surface area contributed by atoms with Gasteiger partial charge in [0.2, 0.25) is 0 Å². The Labute approximate surface area is 206 Å². The molecule has 0 aliphatic heterocycles. The number of hydrogen-bond acceptors (Lipinski definition) is 1. The van der Waals surface area contributed by atoms with Gasteiger partial charge in [0, 0.05) is 40.7 Å². The van der Waals surface area contributed by atoms with Gasteiger partial charge in [-0.25, -0.2) is 4.79 Å². The van der Waals surface area contributed by atoms with Gasteiger partial charge >= 0.3 is 5.97 Å². The Morgan fingerprint density at radius 3 is 2.16 bits per heavy atom. The Morgan fingerprint density at radius 2 is 1.52 bits per heavy atom. The number of fused-ring (bicyclic) bond motifs is 1. The number of hydrogen-bond donors (Lipinski definition) is 1. The van der Waals surface area contributed by atoms with Gasteiger partial charge in [-0.1, -0.05) is 67.7 Å². The molecule has 0 atom stereocenters. The van der Waals surface area contributed by atoms with Crippen molar-refractivity contribution in [1.82, 2.24) is 0 Å². The normalized spacial score (nSPS) is 13.7. The first kappa shape index (κ1) is 23.1. The predicted octanol–water partition coefficient (Wildman–Crippen LogP) is 5.83. The van der Waals surface area contributed by atoms with Crippen molar-refractivity contribution < 1.29 is 9.90 Å². The van der Waals surface area contributed by atoms with E-state index in [1.165, 1.54) is 27.8 Å². The van der Waals surface area contributed by atoms with Gasteiger partial charge in [0.1, 0.15) is 0 Å². The molecule has 0 spiro atoms. The topological polar surface area (TPSA) is 37.3 Å². The number of carbonyl (C=O) groups is 1. The molecule has 2 nitrogen and oxygen atoms in total. The maximum Gasteiger partial charge on any atom is 0.335 e. The third-order valence-electron chi connectivity index (χ3n) is 5.70. The smallest absolute Gasteiger partial charge is 0.335 e. The van der Waals surface area contributed by atoms with E-state index in [9.17, 15) is 4.79 Å². The molecule has 0 amide bonds. The maximum absolute atomic E-state index is 11.0. The van der Waals surface area contributed by atoms with Gasteiger partial charge in [-0.3, -0.25) is 0 Å². The Morgan fingerprint density at radius 1 is 0.903 bits per heavy atom. The summed E-state index contributed by atoms with van der Waals surface area (Å²) in [5.74, 6) is 5.47. The van der Waals surface area contributed by atoms with Crippen LogP contribution in [0.1, 0.15) is 64.0 Å². The van der Waals surface area contributed by atoms with Crippen LogP contribution in [0.3, 0.4) is 0 Å². The molecule has 1 N–H and O–H groups in total. The monoisotopic (exact) mass is 415 g/mol. The molecule has 0 aromatic heterocycles. The molecule has 0 unspecified atom stereocenters. The van der Waals surface area contributed by atoms with E-state index in [1.54, 1.807) is 24.3 Å². The summed E-state index contributed by atoms with van der Waals surface area (Å²) in [6.45, 7) is 6.67. The van der Waals surface area contributed by atoms with Crippen LogP contribution >= 0.6 is 0 Å². The van der Waals surface area contributed by atoms with Crippen LogP contribution in [-0.2, 0) is 5.41 Å². The van der Waals surface area contributed by atoms with Crippen LogP contribution in [0.15, 0.2) is 72.8 Å². The van der Waals surface area contributed by atoms with Gasteiger partial charge in [-0.2, -0.15) is 0 Å². The molecule has 149 valence electrons. The largest absolute Gasteiger partial charge is 0.478 e. The maximum atomic E-state index is 11.0. The minimum Gasteiger partial charge on any atom is -0.478 e. The second-order valence-corrected chi connectivity index (χ2v) is 8.46. The molecule has 3 aromatic rings. The number of carboxylic acids is 1. The molecule has 0 fully saturated rings. The molecule has 0 heterocycles. The van der Waals surface area contributed by atoms with E-state index in [-0.39, 0.29) is 40.5 Å². The van der Waals surface area contributed by atoms with Crippen LogP contribution < -0.4 is 0 Å². The molecule has 3 aromatic carbocycles. The van der Waals surface area contributed by atoms with Crippen LogP contribution in [0, 0.1) is 18.8 Å². The van der Waals surface area contributed by atoms with Crippen molar-refractivity contribution in [2.45, 2.75) is 32.6 Å². The Bertz CT molecular complexity index is 1200. The predicted molar refractivity (Wildman–Crippen MR) is 127 cm³/mol. The zero-order valence-electron chi connectivity index (χ0n) is 18.5. The van der Waals surface area contributed by atoms with Gasteiger partial charge in [-0.15, -0.1) is 0 Å². The van der Waals surface area contributed by atoms with Crippen LogP contribution in [-0.4, -0.2) is 40.6 Å². The molecular formula is C28H24NaO2. The molecule has 0 bridgehead atoms. The van der Waals surface area contributed by atoms with E-state index in [0.717, 1.165) is 17.5 Å². The summed E-state index contributed by atoms with van der Waals surface area (Å²) in [5.41, 5.74) is 8.43. The van der Waals surface area contributed by atoms with E-state index >= 15 is 0 Å². The Balaban J connectivity index is 0.00000272. The van der Waals surface area contributed by atoms with E-state index in [2.05, 4.69) is 81.2 Å². The van der Waals surface area contributed by atoms with Gasteiger partial charge in [0.15, 0.2) is 0 Å². The summed E-state index contributed by atoms with van der Waals surface area (Å²) in [7, 11) is 0. The molecule has 1 aliphatic carbocycles. The Hall–Kier alpha value is -2.57. The quantitative estimate of drug-likeness (QED) is 0.423. The third-order valence-corrected chi connectivity index (χ3v) is 5.70. The van der Waals surface area contributed by atoms with Crippen molar-refractivity contribution >= 4 is 41.1 Å². The minimum atomic E-state index is -0.928. The van der Waals surface area contributed by atoms with E-state index < -0.39 is 5.97 Å². The van der Waals surface area contributed by atoms with Crippen LogP contribution in [0.4, 0.5) is 0 Å². The van der Waals surface area contributed by atoms with E-state index in [4.69, 9.17) is 5.11 Å². The first-order valence-electron chi connectivity index (χ1n) is 10.1. The fraction of sp³-hybridized carbons (Fsp3) is 0.179. The number of rotatable bonds is 2. The average molecular weight is 415 g/mol. The number of carboxylic acid groups (broad SMARTS) is 1. The number of aromatic carboxylic acids is 1. The van der Waals surface area contributed by atoms with Crippen LogP contribution in [0.2, 0.25) is 0 Å². The second-order valence-electron chi connectivity index (χ2n) is 8.46. The zero-order valence-corrected chi connectivity index (χ0v) is 20.5. The summed E-state index contributed by atoms with van der Waals surface area (Å²) in [5, 5.41) is 9.03. The standard InChI is InChI=1S/C28H24O2.Na/c1-19-4-11-22(12-5-19)24-16-17-28(2,3)26-15-10-21(18-25(24)26)7-6-20-8-13-23(14-9-20)27(29)30;/h4-5,8-16,18H,17H2,1-3H3,(H,29,30);. The third kappa shape index (κ3) is 5.02. The Kier molecular flexibility index (Phi) is 6.92. The zero-order chi connectivity index (χ0) is 21.3. The SMILES string of the molecule is Cc1ccc(C2=CCC(C)(C)c3ccc(C#Cc4ccc(C(=O)O)cc4)cc32)cc1.[Na]. The van der Waals surface area contributed by atoms with Crippen molar-refractivity contribution in [3.05, 3.63) is 112 Å². The van der Waals surface area contributed by atoms with Crippen LogP contribution in [0.25, 0.3) is 5.57 Å². The van der Waals surface area contributed by atoms with Gasteiger partial charge in [0.25, 0.3) is 0 Å². The first-order valence-corrected chi connectivity index (χ1v) is 10.1. The molecular weight excluding hydrogens is 391 g/mol. The number of aryl methyl sites for hydroxylation is 1. The summed E-state index contributed by atoms with van der Waals surface area (Å²) in [6, 6.07) is 21.8. The fourth-order valence-electron chi connectivity index (χ4n) is 3.86. The van der Waals surface area contributed by atoms with Crippen molar-refractivity contribution in [3.8, 4) is 11.8 Å². The molecule has 31 heavy (non-hydrogen) atoms. The minimum absolute atomic E-state index is 0. The van der Waals surface area contributed by atoms with Crippen molar-refractivity contribution in [2.24, 2.45) is 0 Å². The van der Waals surface area contributed by atoms with E-state index in [0.29, 0.717) is 0 Å². The van der Waals surface area contributed by atoms with Gasteiger partial charge in [-0.05, 0) is 77.4 Å². The summed E-state index contributed by atoms with van der Waals surface area (Å²) in [6.07, 6.45) is 3.35. The van der Waals surface area contributed by atoms with Gasteiger partial charge in [0.05, 0.1) is 5.56 Å². The molecule has 4 rings (SSSR count). The molecule has 0 saturated carbocycles. The van der Waals surface area contributed by atoms with Crippen molar-refractivity contribution in [3.63, 3.8) is 0 Å². The number of allylic oxidation sites excluding steroid dienone is 1. The first-order chi connectivity index (χ1) is 14.3. The summed E-state index contributed by atoms with van der Waals surface area (Å²) >= 11 is 0. The van der Waals surface area contributed by atoms with Crippen molar-refractivity contribution in [2.75, 3.05) is 0 Å². The van der Waals surface area contributed by atoms with Gasteiger partial charge < -0.3 is 5.11 Å². The molecule has 1 aliphatic rings.